The highest BCUT2D eigenvalue weighted by molar-refractivity contribution is 7.86. The molecule has 1 aromatic carbocycles. The largest absolute Gasteiger partial charge is 0.494 e. The van der Waals surface area contributed by atoms with Gasteiger partial charge in [-0.3, -0.25) is 14.4 Å². The SMILES string of the molecule is CCOc1ccc(-n2[nH]c(C(=O)O)cc2=O)c(S(=O)(=O)O)c1. The van der Waals surface area contributed by atoms with E-state index in [2.05, 4.69) is 5.10 Å². The molecule has 0 fully saturated rings. The Balaban J connectivity index is 2.70. The smallest absolute Gasteiger partial charge is 0.353 e. The fourth-order valence-electron chi connectivity index (χ4n) is 1.83. The van der Waals surface area contributed by atoms with Crippen molar-refractivity contribution in [3.8, 4) is 11.4 Å². The summed E-state index contributed by atoms with van der Waals surface area (Å²) in [7, 11) is -4.66. The van der Waals surface area contributed by atoms with E-state index in [-0.39, 0.29) is 18.0 Å². The van der Waals surface area contributed by atoms with E-state index in [1.807, 2.05) is 0 Å². The van der Waals surface area contributed by atoms with Gasteiger partial charge < -0.3 is 9.84 Å². The van der Waals surface area contributed by atoms with E-state index in [0.717, 1.165) is 12.1 Å². The molecule has 2 aromatic rings. The van der Waals surface area contributed by atoms with Crippen LogP contribution in [0.25, 0.3) is 5.69 Å². The summed E-state index contributed by atoms with van der Waals surface area (Å²) in [5.74, 6) is -1.20. The zero-order chi connectivity index (χ0) is 16.5. The highest BCUT2D eigenvalue weighted by atomic mass is 32.2. The van der Waals surface area contributed by atoms with E-state index >= 15 is 0 Å². The molecule has 0 aliphatic heterocycles. The number of carbonyl (C=O) groups is 1. The predicted molar refractivity (Wildman–Crippen MR) is 74.3 cm³/mol. The Labute approximate surface area is 124 Å². The van der Waals surface area contributed by atoms with Crippen molar-refractivity contribution >= 4 is 16.1 Å². The topological polar surface area (TPSA) is 139 Å². The Morgan fingerprint density at radius 3 is 2.55 bits per heavy atom. The third-order valence-corrected chi connectivity index (χ3v) is 3.59. The number of nitrogens with one attached hydrogen (secondary N) is 1. The number of hydrogen-bond acceptors (Lipinski definition) is 5. The lowest BCUT2D eigenvalue weighted by atomic mass is 10.3. The van der Waals surface area contributed by atoms with Gasteiger partial charge in [0.1, 0.15) is 16.3 Å². The summed E-state index contributed by atoms with van der Waals surface area (Å²) >= 11 is 0. The van der Waals surface area contributed by atoms with Crippen LogP contribution < -0.4 is 10.3 Å². The Morgan fingerprint density at radius 2 is 2.05 bits per heavy atom. The van der Waals surface area contributed by atoms with Crippen LogP contribution in [0.2, 0.25) is 0 Å². The van der Waals surface area contributed by atoms with Crippen LogP contribution in [0.15, 0.2) is 34.0 Å². The van der Waals surface area contributed by atoms with E-state index in [1.54, 1.807) is 6.92 Å². The molecule has 0 aliphatic rings. The number of hydrogen-bond donors (Lipinski definition) is 3. The van der Waals surface area contributed by atoms with Gasteiger partial charge >= 0.3 is 5.97 Å². The van der Waals surface area contributed by atoms with Crippen molar-refractivity contribution in [2.75, 3.05) is 6.61 Å². The van der Waals surface area contributed by atoms with Gasteiger partial charge in [-0.15, -0.1) is 0 Å². The minimum Gasteiger partial charge on any atom is -0.494 e. The second kappa shape index (κ2) is 5.66. The third-order valence-electron chi connectivity index (χ3n) is 2.71. The quantitative estimate of drug-likeness (QED) is 0.679. The van der Waals surface area contributed by atoms with Crippen molar-refractivity contribution in [1.29, 1.82) is 0 Å². The van der Waals surface area contributed by atoms with Crippen molar-refractivity contribution in [3.05, 3.63) is 40.3 Å². The number of aromatic amines is 1. The molecule has 0 unspecified atom stereocenters. The molecule has 0 spiro atoms. The number of benzene rings is 1. The van der Waals surface area contributed by atoms with Gasteiger partial charge in [-0.2, -0.15) is 8.42 Å². The number of rotatable bonds is 5. The summed E-state index contributed by atoms with van der Waals surface area (Å²) in [6.07, 6.45) is 0. The van der Waals surface area contributed by atoms with E-state index < -0.39 is 32.2 Å². The zero-order valence-electron chi connectivity index (χ0n) is 11.3. The van der Waals surface area contributed by atoms with E-state index in [4.69, 9.17) is 9.84 Å². The summed E-state index contributed by atoms with van der Waals surface area (Å²) in [5.41, 5.74) is -1.42. The number of H-pyrrole nitrogens is 1. The first-order chi connectivity index (χ1) is 10.2. The summed E-state index contributed by atoms with van der Waals surface area (Å²) in [4.78, 5) is 22.1. The standard InChI is InChI=1S/C12H12N2O7S/c1-2-21-7-3-4-9(10(5-7)22(18,19)20)14-11(15)6-8(13-14)12(16)17/h3-6,13H,2H2,1H3,(H,16,17)(H,18,19,20). The van der Waals surface area contributed by atoms with Crippen LogP contribution in [0.3, 0.4) is 0 Å². The van der Waals surface area contributed by atoms with E-state index in [0.29, 0.717) is 4.68 Å². The molecular formula is C12H12N2O7S. The molecule has 22 heavy (non-hydrogen) atoms. The second-order valence-electron chi connectivity index (χ2n) is 4.19. The Morgan fingerprint density at radius 1 is 1.36 bits per heavy atom. The van der Waals surface area contributed by atoms with Crippen LogP contribution in [-0.2, 0) is 10.1 Å². The fraction of sp³-hybridized carbons (Fsp3) is 0.167. The minimum atomic E-state index is -4.66. The number of aromatic carboxylic acids is 1. The van der Waals surface area contributed by atoms with Crippen LogP contribution in [0.5, 0.6) is 5.75 Å². The molecule has 0 radical (unpaired) electrons. The zero-order valence-corrected chi connectivity index (χ0v) is 12.1. The average molecular weight is 328 g/mol. The monoisotopic (exact) mass is 328 g/mol. The Bertz CT molecular complexity index is 879. The molecule has 0 amide bonds. The molecule has 118 valence electrons. The van der Waals surface area contributed by atoms with Crippen LogP contribution in [0.4, 0.5) is 0 Å². The first kappa shape index (κ1) is 15.8. The number of carboxylic acid groups (broad SMARTS) is 1. The number of carboxylic acids is 1. The van der Waals surface area contributed by atoms with Crippen molar-refractivity contribution in [2.45, 2.75) is 11.8 Å². The molecule has 9 nitrogen and oxygen atoms in total. The van der Waals surface area contributed by atoms with Gasteiger partial charge in [0.2, 0.25) is 0 Å². The predicted octanol–water partition coefficient (Wildman–Crippen LogP) is 0.509. The molecule has 3 N–H and O–H groups in total. The molecule has 0 bridgehead atoms. The van der Waals surface area contributed by atoms with Crippen molar-refractivity contribution in [3.63, 3.8) is 0 Å². The normalized spacial score (nSPS) is 11.4. The maximum absolute atomic E-state index is 11.8. The van der Waals surface area contributed by atoms with Gasteiger partial charge in [-0.25, -0.2) is 9.48 Å². The van der Waals surface area contributed by atoms with Gasteiger partial charge in [-0.1, -0.05) is 0 Å². The van der Waals surface area contributed by atoms with Crippen LogP contribution in [0, 0.1) is 0 Å². The third kappa shape index (κ3) is 3.02. The summed E-state index contributed by atoms with van der Waals surface area (Å²) in [6.45, 7) is 1.96. The Kier molecular flexibility index (Phi) is 4.06. The number of ether oxygens (including phenoxy) is 1. The molecule has 0 aliphatic carbocycles. The maximum Gasteiger partial charge on any atom is 0.353 e. The molecule has 0 atom stereocenters. The fourth-order valence-corrected chi connectivity index (χ4v) is 2.52. The lowest BCUT2D eigenvalue weighted by Crippen LogP contribution is -2.17. The second-order valence-corrected chi connectivity index (χ2v) is 5.58. The highest BCUT2D eigenvalue weighted by Gasteiger charge is 2.21. The highest BCUT2D eigenvalue weighted by Crippen LogP contribution is 2.24. The molecule has 10 heteroatoms. The lowest BCUT2D eigenvalue weighted by molar-refractivity contribution is 0.0690. The van der Waals surface area contributed by atoms with Gasteiger partial charge in [0.15, 0.2) is 0 Å². The summed E-state index contributed by atoms with van der Waals surface area (Å²) in [5, 5.41) is 11.1. The first-order valence-electron chi connectivity index (χ1n) is 6.04. The number of nitrogens with zero attached hydrogens (tertiary/aromatic N) is 1. The van der Waals surface area contributed by atoms with Crippen LogP contribution in [-0.4, -0.2) is 40.4 Å². The summed E-state index contributed by atoms with van der Waals surface area (Å²) < 4.78 is 38.1. The van der Waals surface area contributed by atoms with Gasteiger partial charge in [0.05, 0.1) is 12.3 Å². The van der Waals surface area contributed by atoms with Gasteiger partial charge in [0.25, 0.3) is 15.7 Å². The maximum atomic E-state index is 11.8. The molecule has 1 heterocycles. The van der Waals surface area contributed by atoms with Crippen molar-refractivity contribution in [1.82, 2.24) is 9.78 Å². The average Bonchev–Trinajstić information content (AvgIpc) is 2.80. The number of aromatic nitrogens is 2. The molecule has 0 saturated heterocycles. The molecular weight excluding hydrogens is 316 g/mol. The van der Waals surface area contributed by atoms with Gasteiger partial charge in [-0.05, 0) is 19.1 Å². The molecule has 1 aromatic heterocycles. The van der Waals surface area contributed by atoms with E-state index in [9.17, 15) is 22.6 Å². The molecule has 2 rings (SSSR count). The van der Waals surface area contributed by atoms with E-state index in [1.165, 1.54) is 12.1 Å². The van der Waals surface area contributed by atoms with Crippen LogP contribution >= 0.6 is 0 Å². The first-order valence-corrected chi connectivity index (χ1v) is 7.48. The van der Waals surface area contributed by atoms with Crippen molar-refractivity contribution < 1.29 is 27.6 Å². The summed E-state index contributed by atoms with van der Waals surface area (Å²) in [6, 6.07) is 4.45. The van der Waals surface area contributed by atoms with Crippen LogP contribution in [0.1, 0.15) is 17.4 Å². The van der Waals surface area contributed by atoms with Crippen molar-refractivity contribution in [2.24, 2.45) is 0 Å². The molecule has 0 saturated carbocycles. The Hall–Kier alpha value is -2.59. The van der Waals surface area contributed by atoms with Gasteiger partial charge in [0, 0.05) is 12.1 Å². The lowest BCUT2D eigenvalue weighted by Gasteiger charge is -2.10. The minimum absolute atomic E-state index is 0.178.